The molecule has 0 unspecified atom stereocenters. The Kier molecular flexibility index (Phi) is 7.85. The quantitative estimate of drug-likeness (QED) is 0.551. The molecule has 0 amide bonds. The molecule has 0 bridgehead atoms. The highest BCUT2D eigenvalue weighted by Crippen LogP contribution is 2.35. The van der Waals surface area contributed by atoms with Crippen molar-refractivity contribution in [2.75, 3.05) is 13.1 Å². The summed E-state index contributed by atoms with van der Waals surface area (Å²) in [6.07, 6.45) is 9.15. The van der Waals surface area contributed by atoms with Crippen LogP contribution in [0.1, 0.15) is 62.1 Å². The molecule has 2 aromatic rings. The molecule has 1 N–H and O–H groups in total. The molecule has 0 aliphatic carbocycles. The monoisotopic (exact) mass is 377 g/mol. The first-order valence-electron chi connectivity index (χ1n) is 11.1. The van der Waals surface area contributed by atoms with E-state index in [2.05, 4.69) is 66.8 Å². The third-order valence-corrected chi connectivity index (χ3v) is 6.34. The summed E-state index contributed by atoms with van der Waals surface area (Å²) in [5.74, 6) is 0.491. The van der Waals surface area contributed by atoms with E-state index in [0.717, 1.165) is 64.5 Å². The summed E-state index contributed by atoms with van der Waals surface area (Å²) in [4.78, 5) is 13.2. The van der Waals surface area contributed by atoms with Gasteiger partial charge >= 0.3 is 0 Å². The second-order valence-corrected chi connectivity index (χ2v) is 8.35. The number of carbonyl (C=O) groups excluding carboxylic acids is 1. The van der Waals surface area contributed by atoms with Crippen molar-refractivity contribution in [1.82, 2.24) is 5.32 Å². The molecule has 2 heteroatoms. The van der Waals surface area contributed by atoms with Crippen LogP contribution in [0.15, 0.2) is 54.6 Å². The largest absolute Gasteiger partial charge is 0.317 e. The molecule has 28 heavy (non-hydrogen) atoms. The number of rotatable bonds is 10. The zero-order valence-electron chi connectivity index (χ0n) is 17.4. The normalized spacial score (nSPS) is 16.0. The summed E-state index contributed by atoms with van der Waals surface area (Å²) in [5.41, 5.74) is 3.97. The van der Waals surface area contributed by atoms with Gasteiger partial charge in [-0.1, -0.05) is 67.9 Å². The predicted molar refractivity (Wildman–Crippen MR) is 118 cm³/mol. The van der Waals surface area contributed by atoms with Gasteiger partial charge in [-0.15, -0.1) is 0 Å². The number of ketones is 1. The summed E-state index contributed by atoms with van der Waals surface area (Å²) >= 11 is 0. The van der Waals surface area contributed by atoms with Crippen molar-refractivity contribution < 1.29 is 4.79 Å². The van der Waals surface area contributed by atoms with Crippen LogP contribution in [0.5, 0.6) is 0 Å². The Morgan fingerprint density at radius 2 is 1.54 bits per heavy atom. The molecule has 0 atom stereocenters. The first-order chi connectivity index (χ1) is 13.7. The van der Waals surface area contributed by atoms with E-state index < -0.39 is 0 Å². The Balaban J connectivity index is 1.47. The SMILES string of the molecule is CCc1ccc(CCCCCC(=O)C2(Cc3ccccc3)CCNCC2)cc1. The van der Waals surface area contributed by atoms with Crippen LogP contribution in [0.2, 0.25) is 0 Å². The van der Waals surface area contributed by atoms with Crippen LogP contribution >= 0.6 is 0 Å². The topological polar surface area (TPSA) is 29.1 Å². The van der Waals surface area contributed by atoms with E-state index in [9.17, 15) is 4.79 Å². The molecule has 1 saturated heterocycles. The van der Waals surface area contributed by atoms with Gasteiger partial charge in [-0.3, -0.25) is 4.79 Å². The number of aryl methyl sites for hydroxylation is 2. The fourth-order valence-corrected chi connectivity index (χ4v) is 4.44. The Morgan fingerprint density at radius 1 is 0.857 bits per heavy atom. The Bertz CT molecular complexity index is 714. The Labute approximate surface area is 170 Å². The van der Waals surface area contributed by atoms with Crippen LogP contribution in [-0.2, 0) is 24.1 Å². The zero-order valence-corrected chi connectivity index (χ0v) is 17.4. The number of nitrogens with one attached hydrogen (secondary N) is 1. The van der Waals surface area contributed by atoms with Gasteiger partial charge in [0.15, 0.2) is 0 Å². The van der Waals surface area contributed by atoms with Gasteiger partial charge in [0, 0.05) is 11.8 Å². The van der Waals surface area contributed by atoms with Crippen LogP contribution in [0.25, 0.3) is 0 Å². The molecule has 150 valence electrons. The second kappa shape index (κ2) is 10.6. The summed E-state index contributed by atoms with van der Waals surface area (Å²) in [6.45, 7) is 4.12. The fourth-order valence-electron chi connectivity index (χ4n) is 4.44. The van der Waals surface area contributed by atoms with Crippen LogP contribution in [0, 0.1) is 5.41 Å². The average Bonchev–Trinajstić information content (AvgIpc) is 2.75. The molecule has 1 aliphatic heterocycles. The van der Waals surface area contributed by atoms with E-state index in [1.54, 1.807) is 0 Å². The number of piperidine rings is 1. The van der Waals surface area contributed by atoms with E-state index in [1.807, 2.05) is 0 Å². The molecule has 1 aliphatic rings. The number of carbonyl (C=O) groups is 1. The van der Waals surface area contributed by atoms with E-state index >= 15 is 0 Å². The molecule has 2 aromatic carbocycles. The van der Waals surface area contributed by atoms with Gasteiger partial charge in [0.1, 0.15) is 5.78 Å². The van der Waals surface area contributed by atoms with Gasteiger partial charge in [-0.25, -0.2) is 0 Å². The van der Waals surface area contributed by atoms with E-state index in [-0.39, 0.29) is 5.41 Å². The minimum atomic E-state index is -0.150. The third kappa shape index (κ3) is 5.78. The summed E-state index contributed by atoms with van der Waals surface area (Å²) in [5, 5.41) is 3.43. The maximum absolute atomic E-state index is 13.2. The lowest BCUT2D eigenvalue weighted by Gasteiger charge is -2.36. The number of hydrogen-bond acceptors (Lipinski definition) is 2. The van der Waals surface area contributed by atoms with Crippen LogP contribution in [0.3, 0.4) is 0 Å². The van der Waals surface area contributed by atoms with Gasteiger partial charge in [-0.2, -0.15) is 0 Å². The van der Waals surface area contributed by atoms with E-state index in [4.69, 9.17) is 0 Å². The van der Waals surface area contributed by atoms with Gasteiger partial charge in [0.05, 0.1) is 0 Å². The molecule has 1 fully saturated rings. The smallest absolute Gasteiger partial charge is 0.139 e. The van der Waals surface area contributed by atoms with Crippen molar-refractivity contribution >= 4 is 5.78 Å². The highest BCUT2D eigenvalue weighted by Gasteiger charge is 2.38. The number of Topliss-reactive ketones (excluding diaryl/α,β-unsaturated/α-hetero) is 1. The summed E-state index contributed by atoms with van der Waals surface area (Å²) in [6, 6.07) is 19.6. The van der Waals surface area contributed by atoms with Gasteiger partial charge in [0.25, 0.3) is 0 Å². The number of benzene rings is 2. The molecular formula is C26H35NO. The lowest BCUT2D eigenvalue weighted by atomic mass is 9.70. The van der Waals surface area contributed by atoms with E-state index in [1.165, 1.54) is 23.1 Å². The van der Waals surface area contributed by atoms with Gasteiger partial charge in [-0.05, 0) is 74.7 Å². The highest BCUT2D eigenvalue weighted by atomic mass is 16.1. The lowest BCUT2D eigenvalue weighted by Crippen LogP contribution is -2.43. The first kappa shape index (κ1) is 20.8. The molecule has 1 heterocycles. The Morgan fingerprint density at radius 3 is 2.21 bits per heavy atom. The Hall–Kier alpha value is -1.93. The molecular weight excluding hydrogens is 342 g/mol. The van der Waals surface area contributed by atoms with Crippen LogP contribution < -0.4 is 5.32 Å². The van der Waals surface area contributed by atoms with Gasteiger partial charge in [0.2, 0.25) is 0 Å². The molecule has 0 saturated carbocycles. The fraction of sp³-hybridized carbons (Fsp3) is 0.500. The van der Waals surface area contributed by atoms with Gasteiger partial charge < -0.3 is 5.32 Å². The standard InChI is InChI=1S/C26H35NO/c1-2-22-13-15-23(16-14-22)9-5-4-8-12-25(28)26(17-19-27-20-18-26)21-24-10-6-3-7-11-24/h3,6-7,10-11,13-16,27H,2,4-5,8-9,12,17-21H2,1H3. The first-order valence-corrected chi connectivity index (χ1v) is 11.1. The summed E-state index contributed by atoms with van der Waals surface area (Å²) < 4.78 is 0. The van der Waals surface area contributed by atoms with Crippen molar-refractivity contribution in [3.05, 3.63) is 71.3 Å². The molecule has 3 rings (SSSR count). The van der Waals surface area contributed by atoms with Crippen molar-refractivity contribution in [3.63, 3.8) is 0 Å². The molecule has 0 aromatic heterocycles. The molecule has 0 spiro atoms. The summed E-state index contributed by atoms with van der Waals surface area (Å²) in [7, 11) is 0. The maximum Gasteiger partial charge on any atom is 0.139 e. The highest BCUT2D eigenvalue weighted by molar-refractivity contribution is 5.85. The average molecular weight is 378 g/mol. The molecule has 2 nitrogen and oxygen atoms in total. The predicted octanol–water partition coefficient (Wildman–Crippen LogP) is 5.53. The maximum atomic E-state index is 13.2. The van der Waals surface area contributed by atoms with Crippen molar-refractivity contribution in [1.29, 1.82) is 0 Å². The van der Waals surface area contributed by atoms with E-state index in [0.29, 0.717) is 5.78 Å². The zero-order chi connectivity index (χ0) is 19.7. The lowest BCUT2D eigenvalue weighted by molar-refractivity contribution is -0.130. The third-order valence-electron chi connectivity index (χ3n) is 6.34. The number of hydrogen-bond donors (Lipinski definition) is 1. The molecule has 0 radical (unpaired) electrons. The van der Waals surface area contributed by atoms with Crippen LogP contribution in [0.4, 0.5) is 0 Å². The van der Waals surface area contributed by atoms with Crippen LogP contribution in [-0.4, -0.2) is 18.9 Å². The minimum Gasteiger partial charge on any atom is -0.317 e. The van der Waals surface area contributed by atoms with Crippen molar-refractivity contribution in [3.8, 4) is 0 Å². The van der Waals surface area contributed by atoms with Crippen molar-refractivity contribution in [2.45, 2.75) is 64.7 Å². The minimum absolute atomic E-state index is 0.150. The second-order valence-electron chi connectivity index (χ2n) is 8.35. The van der Waals surface area contributed by atoms with Crippen molar-refractivity contribution in [2.24, 2.45) is 5.41 Å². The number of unbranched alkanes of at least 4 members (excludes halogenated alkanes) is 2.